The van der Waals surface area contributed by atoms with Crippen molar-refractivity contribution in [1.29, 1.82) is 0 Å². The minimum atomic E-state index is -0.282. The molecule has 3 aromatic rings. The second-order valence-corrected chi connectivity index (χ2v) is 7.31. The molecule has 138 valence electrons. The molecule has 0 saturated heterocycles. The fourth-order valence-corrected chi connectivity index (χ4v) is 3.83. The van der Waals surface area contributed by atoms with Crippen LogP contribution in [0.1, 0.15) is 24.2 Å². The topological polar surface area (TPSA) is 64.0 Å². The molecule has 1 aromatic carbocycles. The van der Waals surface area contributed by atoms with Gasteiger partial charge in [0.2, 0.25) is 0 Å². The third-order valence-corrected chi connectivity index (χ3v) is 5.75. The predicted molar refractivity (Wildman–Crippen MR) is 108 cm³/mol. The van der Waals surface area contributed by atoms with E-state index in [1.165, 1.54) is 0 Å². The van der Waals surface area contributed by atoms with Gasteiger partial charge in [-0.25, -0.2) is 24.3 Å². The van der Waals surface area contributed by atoms with Crippen molar-refractivity contribution < 1.29 is 9.13 Å². The number of nitrogens with zero attached hydrogens (tertiary/aromatic N) is 5. The van der Waals surface area contributed by atoms with Crippen LogP contribution in [0.4, 0.5) is 10.1 Å². The number of halogens is 2. The van der Waals surface area contributed by atoms with Crippen LogP contribution in [-0.2, 0) is 6.42 Å². The van der Waals surface area contributed by atoms with E-state index in [2.05, 4.69) is 31.8 Å². The maximum atomic E-state index is 14.3. The Bertz CT molecular complexity index is 985. The normalized spacial score (nSPS) is 16.1. The lowest BCUT2D eigenvalue weighted by Gasteiger charge is -2.36. The molecule has 3 heterocycles. The van der Waals surface area contributed by atoms with Crippen molar-refractivity contribution in [1.82, 2.24) is 19.9 Å². The van der Waals surface area contributed by atoms with E-state index in [4.69, 9.17) is 4.74 Å². The van der Waals surface area contributed by atoms with Gasteiger partial charge in [0.05, 0.1) is 22.4 Å². The van der Waals surface area contributed by atoms with E-state index in [1.807, 2.05) is 34.9 Å². The van der Waals surface area contributed by atoms with Crippen molar-refractivity contribution in [2.24, 2.45) is 0 Å². The summed E-state index contributed by atoms with van der Waals surface area (Å²) in [5, 5.41) is 0. The molecule has 6 nitrogen and oxygen atoms in total. The summed E-state index contributed by atoms with van der Waals surface area (Å²) < 4.78 is 20.1. The highest BCUT2D eigenvalue weighted by Crippen LogP contribution is 2.36. The Kier molecular flexibility index (Phi) is 4.90. The second kappa shape index (κ2) is 7.34. The minimum Gasteiger partial charge on any atom is -0.495 e. The van der Waals surface area contributed by atoms with Gasteiger partial charge < -0.3 is 9.64 Å². The molecule has 1 unspecified atom stereocenters. The van der Waals surface area contributed by atoms with Gasteiger partial charge in [0.25, 0.3) is 0 Å². The molecule has 1 atom stereocenters. The van der Waals surface area contributed by atoms with Crippen molar-refractivity contribution in [3.63, 3.8) is 0 Å². The number of hydrogen-bond donors (Lipinski definition) is 0. The van der Waals surface area contributed by atoms with E-state index in [-0.39, 0.29) is 11.9 Å². The summed E-state index contributed by atoms with van der Waals surface area (Å²) in [4.78, 5) is 19.7. The van der Waals surface area contributed by atoms with Gasteiger partial charge >= 0.3 is 0 Å². The van der Waals surface area contributed by atoms with E-state index in [1.54, 1.807) is 31.6 Å². The monoisotopic (exact) mass is 477 g/mol. The Balaban J connectivity index is 1.68. The first-order valence-electron chi connectivity index (χ1n) is 8.51. The molecule has 27 heavy (non-hydrogen) atoms. The molecule has 0 fully saturated rings. The smallest absolute Gasteiger partial charge is 0.197 e. The van der Waals surface area contributed by atoms with Gasteiger partial charge in [0.15, 0.2) is 11.6 Å². The van der Waals surface area contributed by atoms with Gasteiger partial charge in [-0.1, -0.05) is 0 Å². The summed E-state index contributed by atoms with van der Waals surface area (Å²) >= 11 is 1.96. The molecule has 1 aliphatic rings. The first-order chi connectivity index (χ1) is 13.1. The molecule has 8 heteroatoms. The summed E-state index contributed by atoms with van der Waals surface area (Å²) in [6, 6.07) is 5.21. The van der Waals surface area contributed by atoms with Crippen molar-refractivity contribution in [2.75, 3.05) is 18.6 Å². The fourth-order valence-electron chi connectivity index (χ4n) is 3.30. The molecule has 2 aromatic heterocycles. The summed E-state index contributed by atoms with van der Waals surface area (Å²) in [5.41, 5.74) is 2.80. The van der Waals surface area contributed by atoms with Gasteiger partial charge in [-0.2, -0.15) is 0 Å². The van der Waals surface area contributed by atoms with Crippen molar-refractivity contribution in [3.8, 4) is 17.4 Å². The number of anilines is 1. The lowest BCUT2D eigenvalue weighted by atomic mass is 9.98. The van der Waals surface area contributed by atoms with Crippen LogP contribution in [0.15, 0.2) is 36.8 Å². The summed E-state index contributed by atoms with van der Waals surface area (Å²) in [6.45, 7) is 2.80. The zero-order valence-corrected chi connectivity index (χ0v) is 17.0. The minimum absolute atomic E-state index is 0.0173. The van der Waals surface area contributed by atoms with Gasteiger partial charge in [0, 0.05) is 48.9 Å². The molecule has 1 aliphatic heterocycles. The Labute approximate surface area is 170 Å². The van der Waals surface area contributed by atoms with E-state index in [0.717, 1.165) is 29.9 Å². The number of aromatic nitrogens is 4. The highest BCUT2D eigenvalue weighted by molar-refractivity contribution is 14.1. The number of ether oxygens (including phenoxy) is 1. The molecule has 0 spiro atoms. The average molecular weight is 477 g/mol. The third kappa shape index (κ3) is 3.33. The molecule has 0 amide bonds. The first kappa shape index (κ1) is 18.0. The molecule has 0 saturated carbocycles. The van der Waals surface area contributed by atoms with Gasteiger partial charge in [0.1, 0.15) is 11.6 Å². The molecule has 0 N–H and O–H groups in total. The maximum Gasteiger partial charge on any atom is 0.197 e. The summed E-state index contributed by atoms with van der Waals surface area (Å²) in [5.74, 6) is 1.30. The molecule has 0 bridgehead atoms. The Morgan fingerprint density at radius 3 is 2.70 bits per heavy atom. The zero-order valence-electron chi connectivity index (χ0n) is 14.9. The lowest BCUT2D eigenvalue weighted by Crippen LogP contribution is -2.35. The first-order valence-corrected chi connectivity index (χ1v) is 9.59. The van der Waals surface area contributed by atoms with Gasteiger partial charge in [-0.3, -0.25) is 0 Å². The quantitative estimate of drug-likeness (QED) is 0.535. The van der Waals surface area contributed by atoms with Crippen molar-refractivity contribution >= 4 is 28.3 Å². The SMILES string of the molecule is COc1cc(N2CCc3nc(-c4ncccn4)ncc3C2C)cc(F)c1I. The number of hydrogen-bond acceptors (Lipinski definition) is 6. The Morgan fingerprint density at radius 2 is 1.96 bits per heavy atom. The van der Waals surface area contributed by atoms with Crippen LogP contribution in [0.3, 0.4) is 0 Å². The van der Waals surface area contributed by atoms with E-state index in [9.17, 15) is 4.39 Å². The molecule has 0 radical (unpaired) electrons. The second-order valence-electron chi connectivity index (χ2n) is 6.23. The van der Waals surface area contributed by atoms with Crippen molar-refractivity contribution in [2.45, 2.75) is 19.4 Å². The van der Waals surface area contributed by atoms with Crippen molar-refractivity contribution in [3.05, 3.63) is 57.4 Å². The molecule has 4 rings (SSSR count). The highest BCUT2D eigenvalue weighted by Gasteiger charge is 2.27. The largest absolute Gasteiger partial charge is 0.495 e. The summed E-state index contributed by atoms with van der Waals surface area (Å²) in [6.07, 6.45) is 5.91. The van der Waals surface area contributed by atoms with E-state index >= 15 is 0 Å². The average Bonchev–Trinajstić information content (AvgIpc) is 2.70. The Morgan fingerprint density at radius 1 is 1.19 bits per heavy atom. The zero-order chi connectivity index (χ0) is 19.0. The number of fused-ring (bicyclic) bond motifs is 1. The van der Waals surface area contributed by atoms with E-state index < -0.39 is 0 Å². The number of methoxy groups -OCH3 is 1. The van der Waals surface area contributed by atoms with Crippen LogP contribution in [-0.4, -0.2) is 33.6 Å². The van der Waals surface area contributed by atoms with Crippen LogP contribution in [0.5, 0.6) is 5.75 Å². The maximum absolute atomic E-state index is 14.3. The van der Waals surface area contributed by atoms with Crippen LogP contribution >= 0.6 is 22.6 Å². The number of benzene rings is 1. The van der Waals surface area contributed by atoms with E-state index in [0.29, 0.717) is 21.0 Å². The van der Waals surface area contributed by atoms with Crippen LogP contribution in [0.25, 0.3) is 11.6 Å². The van der Waals surface area contributed by atoms with Crippen LogP contribution in [0, 0.1) is 9.39 Å². The van der Waals surface area contributed by atoms with Gasteiger partial charge in [-0.15, -0.1) is 0 Å². The Hall–Kier alpha value is -2.36. The lowest BCUT2D eigenvalue weighted by molar-refractivity contribution is 0.407. The number of rotatable bonds is 3. The molecular formula is C19H17FIN5O. The highest BCUT2D eigenvalue weighted by atomic mass is 127. The molecule has 0 aliphatic carbocycles. The van der Waals surface area contributed by atoms with Gasteiger partial charge in [-0.05, 0) is 41.6 Å². The fraction of sp³-hybridized carbons (Fsp3) is 0.263. The molecular weight excluding hydrogens is 460 g/mol. The predicted octanol–water partition coefficient (Wildman–Crippen LogP) is 3.81. The van der Waals surface area contributed by atoms with Crippen LogP contribution in [0.2, 0.25) is 0 Å². The summed E-state index contributed by atoms with van der Waals surface area (Å²) in [7, 11) is 1.55. The third-order valence-electron chi connectivity index (χ3n) is 4.70. The standard InChI is InChI=1S/C19H17FIN5O/c1-11-13-10-24-19(18-22-5-3-6-23-18)25-15(13)4-7-26(11)12-8-14(20)17(21)16(9-12)27-2/h3,5-6,8-11H,4,7H2,1-2H3. The van der Waals surface area contributed by atoms with Crippen LogP contribution < -0.4 is 9.64 Å².